The SMILES string of the molecule is Cl.O.O=S(=O)(CCNc1ncnc2ccccc12)Nc1ccc(Nc2c3ccccc3nc3ccccc23)cc1. The first-order valence-electron chi connectivity index (χ1n) is 12.1. The lowest BCUT2D eigenvalue weighted by atomic mass is 10.1. The van der Waals surface area contributed by atoms with Crippen LogP contribution in [0.1, 0.15) is 0 Å². The van der Waals surface area contributed by atoms with E-state index < -0.39 is 10.0 Å². The Kier molecular flexibility index (Phi) is 8.64. The zero-order chi connectivity index (χ0) is 26.0. The first-order chi connectivity index (χ1) is 18.6. The van der Waals surface area contributed by atoms with E-state index in [2.05, 4.69) is 25.3 Å². The topological polar surface area (TPSA) is 140 Å². The summed E-state index contributed by atoms with van der Waals surface area (Å²) in [4.78, 5) is 13.2. The van der Waals surface area contributed by atoms with Gasteiger partial charge in [0, 0.05) is 34.1 Å². The Hall–Kier alpha value is -4.51. The minimum absolute atomic E-state index is 0. The summed E-state index contributed by atoms with van der Waals surface area (Å²) in [5, 5.41) is 9.49. The molecule has 0 saturated heterocycles. The summed E-state index contributed by atoms with van der Waals surface area (Å²) in [5.74, 6) is 0.498. The molecule has 0 atom stereocenters. The smallest absolute Gasteiger partial charge is 0.234 e. The number of hydrogen-bond acceptors (Lipinski definition) is 7. The fourth-order valence-corrected chi connectivity index (χ4v) is 5.39. The van der Waals surface area contributed by atoms with Crippen LogP contribution in [0.15, 0.2) is 103 Å². The van der Waals surface area contributed by atoms with E-state index in [9.17, 15) is 8.42 Å². The third-order valence-corrected chi connectivity index (χ3v) is 7.51. The summed E-state index contributed by atoms with van der Waals surface area (Å²) in [6, 6.07) is 30.8. The minimum atomic E-state index is -3.57. The Morgan fingerprint density at radius 2 is 1.20 bits per heavy atom. The van der Waals surface area contributed by atoms with Crippen molar-refractivity contribution in [1.29, 1.82) is 0 Å². The molecule has 9 nitrogen and oxygen atoms in total. The van der Waals surface area contributed by atoms with Crippen LogP contribution in [-0.2, 0) is 10.0 Å². The summed E-state index contributed by atoms with van der Waals surface area (Å²) < 4.78 is 28.1. The monoisotopic (exact) mass is 574 g/mol. The van der Waals surface area contributed by atoms with Crippen LogP contribution in [0.25, 0.3) is 32.7 Å². The Balaban J connectivity index is 0.00000185. The average molecular weight is 575 g/mol. The van der Waals surface area contributed by atoms with Gasteiger partial charge in [-0.1, -0.05) is 48.5 Å². The summed E-state index contributed by atoms with van der Waals surface area (Å²) in [6.45, 7) is 0.207. The Morgan fingerprint density at radius 3 is 1.85 bits per heavy atom. The van der Waals surface area contributed by atoms with Crippen molar-refractivity contribution in [3.05, 3.63) is 103 Å². The standard InChI is InChI=1S/C29H24N6O2S.ClH.H2O/c36-38(37,18-17-30-29-24-9-3-4-10-25(24)31-19-32-29)35-21-15-13-20(14-16-21)33-28-22-7-1-5-11-26(22)34-27-12-6-2-8-23(27)28;;/h1-16,19,35H,17-18H2,(H,33,34)(H,30,31,32);1H;1H2. The molecular formula is C29H27ClN6O3S. The largest absolute Gasteiger partial charge is 0.412 e. The van der Waals surface area contributed by atoms with Crippen LogP contribution in [0.2, 0.25) is 0 Å². The molecule has 6 rings (SSSR count). The van der Waals surface area contributed by atoms with Crippen molar-refractivity contribution in [2.45, 2.75) is 0 Å². The van der Waals surface area contributed by atoms with Crippen LogP contribution >= 0.6 is 12.4 Å². The van der Waals surface area contributed by atoms with E-state index in [0.29, 0.717) is 11.5 Å². The van der Waals surface area contributed by atoms with Gasteiger partial charge in [0.1, 0.15) is 12.1 Å². The zero-order valence-electron chi connectivity index (χ0n) is 21.2. The quantitative estimate of drug-likeness (QED) is 0.203. The maximum atomic E-state index is 12.7. The molecule has 0 aliphatic heterocycles. The van der Waals surface area contributed by atoms with Gasteiger partial charge in [0.25, 0.3) is 0 Å². The van der Waals surface area contributed by atoms with Crippen molar-refractivity contribution >= 4 is 78.0 Å². The van der Waals surface area contributed by atoms with Crippen molar-refractivity contribution in [1.82, 2.24) is 15.0 Å². The van der Waals surface area contributed by atoms with E-state index in [-0.39, 0.29) is 30.2 Å². The van der Waals surface area contributed by atoms with Gasteiger partial charge in [0.15, 0.2) is 0 Å². The van der Waals surface area contributed by atoms with Crippen LogP contribution < -0.4 is 15.4 Å². The highest BCUT2D eigenvalue weighted by Gasteiger charge is 2.12. The number of fused-ring (bicyclic) bond motifs is 3. The summed E-state index contributed by atoms with van der Waals surface area (Å²) in [7, 11) is -3.57. The number of hydrogen-bond donors (Lipinski definition) is 3. The molecular weight excluding hydrogens is 548 g/mol. The number of aromatic nitrogens is 3. The first kappa shape index (κ1) is 28.5. The normalized spacial score (nSPS) is 11.0. The fourth-order valence-electron chi connectivity index (χ4n) is 4.42. The molecule has 4 aromatic carbocycles. The van der Waals surface area contributed by atoms with Crippen molar-refractivity contribution in [2.75, 3.05) is 27.7 Å². The predicted octanol–water partition coefficient (Wildman–Crippen LogP) is 5.53. The van der Waals surface area contributed by atoms with Crippen LogP contribution in [-0.4, -0.2) is 41.1 Å². The number of benzene rings is 4. The fraction of sp³-hybridized carbons (Fsp3) is 0.0690. The van der Waals surface area contributed by atoms with Gasteiger partial charge < -0.3 is 16.1 Å². The van der Waals surface area contributed by atoms with Crippen LogP contribution in [0.3, 0.4) is 0 Å². The Labute approximate surface area is 237 Å². The number of pyridine rings is 1. The summed E-state index contributed by atoms with van der Waals surface area (Å²) in [6.07, 6.45) is 1.46. The molecule has 40 heavy (non-hydrogen) atoms. The predicted molar refractivity (Wildman–Crippen MR) is 165 cm³/mol. The second-order valence-electron chi connectivity index (χ2n) is 8.81. The maximum absolute atomic E-state index is 12.7. The number of para-hydroxylation sites is 3. The number of nitrogens with zero attached hydrogens (tertiary/aromatic N) is 3. The van der Waals surface area contributed by atoms with Gasteiger partial charge in [-0.2, -0.15) is 0 Å². The van der Waals surface area contributed by atoms with Crippen LogP contribution in [0, 0.1) is 0 Å². The van der Waals surface area contributed by atoms with Gasteiger partial charge in [-0.25, -0.2) is 23.4 Å². The van der Waals surface area contributed by atoms with E-state index in [1.54, 1.807) is 12.1 Å². The van der Waals surface area contributed by atoms with Gasteiger partial charge in [-0.15, -0.1) is 12.4 Å². The number of anilines is 4. The van der Waals surface area contributed by atoms with Crippen LogP contribution in [0.4, 0.5) is 22.9 Å². The maximum Gasteiger partial charge on any atom is 0.234 e. The molecule has 11 heteroatoms. The van der Waals surface area contributed by atoms with E-state index in [1.165, 1.54) is 6.33 Å². The lowest BCUT2D eigenvalue weighted by Gasteiger charge is -2.14. The second kappa shape index (κ2) is 12.1. The molecule has 0 amide bonds. The van der Waals surface area contributed by atoms with E-state index in [4.69, 9.17) is 4.98 Å². The molecule has 0 fully saturated rings. The molecule has 0 bridgehead atoms. The highest BCUT2D eigenvalue weighted by molar-refractivity contribution is 7.92. The molecule has 0 radical (unpaired) electrons. The lowest BCUT2D eigenvalue weighted by molar-refractivity contribution is 0.601. The van der Waals surface area contributed by atoms with Gasteiger partial charge in [-0.05, 0) is 48.5 Å². The molecule has 0 aliphatic rings. The highest BCUT2D eigenvalue weighted by Crippen LogP contribution is 2.33. The lowest BCUT2D eigenvalue weighted by Crippen LogP contribution is -2.22. The molecule has 0 aliphatic carbocycles. The average Bonchev–Trinajstić information content (AvgIpc) is 2.94. The van der Waals surface area contributed by atoms with Gasteiger partial charge in [0.2, 0.25) is 10.0 Å². The number of sulfonamides is 1. The molecule has 2 heterocycles. The van der Waals surface area contributed by atoms with E-state index >= 15 is 0 Å². The number of halogens is 1. The first-order valence-corrected chi connectivity index (χ1v) is 13.8. The van der Waals surface area contributed by atoms with Crippen molar-refractivity contribution < 1.29 is 13.9 Å². The van der Waals surface area contributed by atoms with Crippen molar-refractivity contribution in [3.8, 4) is 0 Å². The Bertz CT molecular complexity index is 1830. The third kappa shape index (κ3) is 6.04. The highest BCUT2D eigenvalue weighted by atomic mass is 35.5. The molecule has 0 unspecified atom stereocenters. The molecule has 0 spiro atoms. The number of nitrogens with one attached hydrogen (secondary N) is 3. The molecule has 2 aromatic heterocycles. The second-order valence-corrected chi connectivity index (χ2v) is 10.7. The molecule has 6 aromatic rings. The summed E-state index contributed by atoms with van der Waals surface area (Å²) in [5.41, 5.74) is 4.90. The van der Waals surface area contributed by atoms with E-state index in [1.807, 2.05) is 84.9 Å². The molecule has 204 valence electrons. The van der Waals surface area contributed by atoms with Crippen molar-refractivity contribution in [3.63, 3.8) is 0 Å². The third-order valence-electron chi connectivity index (χ3n) is 6.22. The zero-order valence-corrected chi connectivity index (χ0v) is 22.8. The van der Waals surface area contributed by atoms with Crippen LogP contribution in [0.5, 0.6) is 0 Å². The Morgan fingerprint density at radius 1 is 0.650 bits per heavy atom. The summed E-state index contributed by atoms with van der Waals surface area (Å²) >= 11 is 0. The van der Waals surface area contributed by atoms with Gasteiger partial charge >= 0.3 is 0 Å². The molecule has 5 N–H and O–H groups in total. The minimum Gasteiger partial charge on any atom is -0.412 e. The number of rotatable bonds is 8. The van der Waals surface area contributed by atoms with E-state index in [0.717, 1.165) is 44.1 Å². The van der Waals surface area contributed by atoms with Gasteiger partial charge in [-0.3, -0.25) is 4.72 Å². The van der Waals surface area contributed by atoms with Crippen molar-refractivity contribution in [2.24, 2.45) is 0 Å². The molecule has 0 saturated carbocycles. The van der Waals surface area contributed by atoms with Gasteiger partial charge in [0.05, 0.1) is 28.0 Å².